The summed E-state index contributed by atoms with van der Waals surface area (Å²) in [5, 5.41) is 9.15. The van der Waals surface area contributed by atoms with Gasteiger partial charge in [-0.25, -0.2) is 9.78 Å². The van der Waals surface area contributed by atoms with Crippen LogP contribution in [0, 0.1) is 11.8 Å². The van der Waals surface area contributed by atoms with Crippen LogP contribution in [0.4, 0.5) is 5.82 Å². The van der Waals surface area contributed by atoms with E-state index in [0.717, 1.165) is 19.5 Å². The summed E-state index contributed by atoms with van der Waals surface area (Å²) in [6, 6.07) is 3.29. The van der Waals surface area contributed by atoms with Crippen LogP contribution in [-0.4, -0.2) is 29.1 Å². The quantitative estimate of drug-likeness (QED) is 0.852. The molecule has 0 aliphatic carbocycles. The van der Waals surface area contributed by atoms with Crippen molar-refractivity contribution in [3.63, 3.8) is 0 Å². The number of piperidine rings is 1. The summed E-state index contributed by atoms with van der Waals surface area (Å²) in [6.07, 6.45) is 2.75. The van der Waals surface area contributed by atoms with E-state index in [1.807, 2.05) is 0 Å². The second-order valence-corrected chi connectivity index (χ2v) is 4.87. The van der Waals surface area contributed by atoms with E-state index in [1.165, 1.54) is 0 Å². The van der Waals surface area contributed by atoms with Gasteiger partial charge in [-0.1, -0.05) is 13.8 Å². The Morgan fingerprint density at radius 2 is 2.24 bits per heavy atom. The summed E-state index contributed by atoms with van der Waals surface area (Å²) in [7, 11) is 0. The van der Waals surface area contributed by atoms with Gasteiger partial charge in [-0.15, -0.1) is 0 Å². The lowest BCUT2D eigenvalue weighted by atomic mass is 9.88. The van der Waals surface area contributed by atoms with E-state index in [-0.39, 0.29) is 0 Å². The van der Waals surface area contributed by atoms with Crippen LogP contribution in [-0.2, 0) is 0 Å². The van der Waals surface area contributed by atoms with Crippen LogP contribution in [0.25, 0.3) is 0 Å². The normalized spacial score (nSPS) is 24.7. The number of carboxylic acids is 1. The molecule has 2 rings (SSSR count). The van der Waals surface area contributed by atoms with Gasteiger partial charge in [0.15, 0.2) is 0 Å². The molecular weight excluding hydrogens is 216 g/mol. The molecule has 17 heavy (non-hydrogen) atoms. The van der Waals surface area contributed by atoms with Crippen LogP contribution < -0.4 is 4.90 Å². The first kappa shape index (κ1) is 11.9. The summed E-state index contributed by atoms with van der Waals surface area (Å²) in [5.74, 6) is 0.980. The molecule has 1 saturated heterocycles. The van der Waals surface area contributed by atoms with Crippen LogP contribution in [0.5, 0.6) is 0 Å². The number of aromatic carboxylic acids is 1. The van der Waals surface area contributed by atoms with Gasteiger partial charge in [0.05, 0.1) is 0 Å². The molecule has 1 aliphatic rings. The van der Waals surface area contributed by atoms with Gasteiger partial charge in [-0.2, -0.15) is 0 Å². The molecule has 0 amide bonds. The molecule has 2 heterocycles. The van der Waals surface area contributed by atoms with Gasteiger partial charge < -0.3 is 10.0 Å². The van der Waals surface area contributed by atoms with Gasteiger partial charge in [0.25, 0.3) is 0 Å². The van der Waals surface area contributed by atoms with Crippen LogP contribution in [0.3, 0.4) is 0 Å². The molecule has 1 aromatic heterocycles. The molecule has 1 N–H and O–H groups in total. The summed E-state index contributed by atoms with van der Waals surface area (Å²) >= 11 is 0. The fourth-order valence-corrected chi connectivity index (χ4v) is 2.27. The SMILES string of the molecule is CC1CCN(c2ncccc2C(=O)O)CC1C. The van der Waals surface area contributed by atoms with E-state index in [2.05, 4.69) is 23.7 Å². The average Bonchev–Trinajstić information content (AvgIpc) is 2.32. The summed E-state index contributed by atoms with van der Waals surface area (Å²) in [4.78, 5) is 17.5. The monoisotopic (exact) mass is 234 g/mol. The van der Waals surface area contributed by atoms with E-state index in [1.54, 1.807) is 18.3 Å². The maximum absolute atomic E-state index is 11.1. The number of hydrogen-bond donors (Lipinski definition) is 1. The number of hydrogen-bond acceptors (Lipinski definition) is 3. The molecule has 0 radical (unpaired) electrons. The van der Waals surface area contributed by atoms with Crippen molar-refractivity contribution in [1.29, 1.82) is 0 Å². The number of pyridine rings is 1. The number of carbonyl (C=O) groups is 1. The fraction of sp³-hybridized carbons (Fsp3) is 0.538. The highest BCUT2D eigenvalue weighted by atomic mass is 16.4. The van der Waals surface area contributed by atoms with Gasteiger partial charge in [0, 0.05) is 19.3 Å². The first-order valence-corrected chi connectivity index (χ1v) is 6.03. The molecule has 92 valence electrons. The van der Waals surface area contributed by atoms with Crippen molar-refractivity contribution in [3.8, 4) is 0 Å². The number of nitrogens with zero attached hydrogens (tertiary/aromatic N) is 2. The Hall–Kier alpha value is -1.58. The van der Waals surface area contributed by atoms with Gasteiger partial charge in [0.1, 0.15) is 11.4 Å². The third-order valence-corrected chi connectivity index (χ3v) is 3.65. The largest absolute Gasteiger partial charge is 0.478 e. The number of anilines is 1. The second kappa shape index (κ2) is 4.73. The van der Waals surface area contributed by atoms with Gasteiger partial charge in [0.2, 0.25) is 0 Å². The lowest BCUT2D eigenvalue weighted by molar-refractivity contribution is 0.0697. The molecule has 1 aromatic rings. The Balaban J connectivity index is 2.25. The minimum atomic E-state index is -0.903. The molecule has 0 aromatic carbocycles. The highest BCUT2D eigenvalue weighted by Gasteiger charge is 2.26. The van der Waals surface area contributed by atoms with Crippen molar-refractivity contribution in [1.82, 2.24) is 4.98 Å². The maximum Gasteiger partial charge on any atom is 0.339 e. The molecule has 1 aliphatic heterocycles. The van der Waals surface area contributed by atoms with Crippen LogP contribution in [0.15, 0.2) is 18.3 Å². The van der Waals surface area contributed by atoms with Crippen molar-refractivity contribution in [2.45, 2.75) is 20.3 Å². The van der Waals surface area contributed by atoms with E-state index >= 15 is 0 Å². The zero-order valence-corrected chi connectivity index (χ0v) is 10.3. The number of aromatic nitrogens is 1. The smallest absolute Gasteiger partial charge is 0.339 e. The van der Waals surface area contributed by atoms with Crippen LogP contribution in [0.2, 0.25) is 0 Å². The Labute approximate surface area is 101 Å². The van der Waals surface area contributed by atoms with Crippen molar-refractivity contribution < 1.29 is 9.90 Å². The predicted octanol–water partition coefficient (Wildman–Crippen LogP) is 2.26. The number of rotatable bonds is 2. The van der Waals surface area contributed by atoms with E-state index in [0.29, 0.717) is 23.2 Å². The Morgan fingerprint density at radius 1 is 1.47 bits per heavy atom. The third kappa shape index (κ3) is 2.40. The summed E-state index contributed by atoms with van der Waals surface area (Å²) in [5.41, 5.74) is 0.300. The zero-order valence-electron chi connectivity index (χ0n) is 10.3. The first-order chi connectivity index (χ1) is 8.09. The van der Waals surface area contributed by atoms with Gasteiger partial charge in [-0.05, 0) is 30.4 Å². The van der Waals surface area contributed by atoms with E-state index < -0.39 is 5.97 Å². The predicted molar refractivity (Wildman–Crippen MR) is 66.4 cm³/mol. The molecule has 2 atom stereocenters. The summed E-state index contributed by atoms with van der Waals surface area (Å²) in [6.45, 7) is 6.24. The Bertz CT molecular complexity index is 420. The molecule has 0 bridgehead atoms. The second-order valence-electron chi connectivity index (χ2n) is 4.87. The molecule has 2 unspecified atom stereocenters. The minimum absolute atomic E-state index is 0.300. The van der Waals surface area contributed by atoms with Crippen molar-refractivity contribution >= 4 is 11.8 Å². The van der Waals surface area contributed by atoms with Gasteiger partial charge in [-0.3, -0.25) is 0 Å². The van der Waals surface area contributed by atoms with E-state index in [9.17, 15) is 4.79 Å². The molecule has 0 saturated carbocycles. The molecule has 0 spiro atoms. The maximum atomic E-state index is 11.1. The molecule has 4 nitrogen and oxygen atoms in total. The average molecular weight is 234 g/mol. The zero-order chi connectivity index (χ0) is 12.4. The highest BCUT2D eigenvalue weighted by molar-refractivity contribution is 5.93. The van der Waals surface area contributed by atoms with Crippen molar-refractivity contribution in [2.24, 2.45) is 11.8 Å². The third-order valence-electron chi connectivity index (χ3n) is 3.65. The fourth-order valence-electron chi connectivity index (χ4n) is 2.27. The Kier molecular flexibility index (Phi) is 3.31. The van der Waals surface area contributed by atoms with Crippen LogP contribution in [0.1, 0.15) is 30.6 Å². The molecule has 4 heteroatoms. The van der Waals surface area contributed by atoms with Crippen molar-refractivity contribution in [3.05, 3.63) is 23.9 Å². The van der Waals surface area contributed by atoms with Crippen LogP contribution >= 0.6 is 0 Å². The summed E-state index contributed by atoms with van der Waals surface area (Å²) < 4.78 is 0. The van der Waals surface area contributed by atoms with Gasteiger partial charge >= 0.3 is 5.97 Å². The lowest BCUT2D eigenvalue weighted by Gasteiger charge is -2.36. The minimum Gasteiger partial charge on any atom is -0.478 e. The first-order valence-electron chi connectivity index (χ1n) is 6.03. The molecular formula is C13H18N2O2. The van der Waals surface area contributed by atoms with E-state index in [4.69, 9.17) is 5.11 Å². The highest BCUT2D eigenvalue weighted by Crippen LogP contribution is 2.27. The Morgan fingerprint density at radius 3 is 2.88 bits per heavy atom. The standard InChI is InChI=1S/C13H18N2O2/c1-9-5-7-15(8-10(9)2)12-11(13(16)17)4-3-6-14-12/h3-4,6,9-10H,5,7-8H2,1-2H3,(H,16,17). The molecule has 1 fully saturated rings. The topological polar surface area (TPSA) is 53.4 Å². The number of carboxylic acid groups (broad SMARTS) is 1. The lowest BCUT2D eigenvalue weighted by Crippen LogP contribution is -2.39. The van der Waals surface area contributed by atoms with Crippen molar-refractivity contribution in [2.75, 3.05) is 18.0 Å².